The fraction of sp³-hybridized carbons (Fsp3) is 0.857. The van der Waals surface area contributed by atoms with Gasteiger partial charge < -0.3 is 10.1 Å². The van der Waals surface area contributed by atoms with Crippen LogP contribution >= 0.6 is 0 Å². The standard InChI is InChI=1S/C14H27NO/c1-4-13(16-5-2)14(15-3)12-10-8-6-7-9-11-12/h10,13-15H,4-9,11H2,1-3H3. The van der Waals surface area contributed by atoms with Gasteiger partial charge in [0.05, 0.1) is 12.1 Å². The molecule has 2 nitrogen and oxygen atoms in total. The van der Waals surface area contributed by atoms with Crippen molar-refractivity contribution in [3.05, 3.63) is 11.6 Å². The summed E-state index contributed by atoms with van der Waals surface area (Å²) >= 11 is 0. The highest BCUT2D eigenvalue weighted by molar-refractivity contribution is 5.14. The summed E-state index contributed by atoms with van der Waals surface area (Å²) in [6.45, 7) is 5.10. The van der Waals surface area contributed by atoms with E-state index in [4.69, 9.17) is 4.74 Å². The molecule has 0 aromatic heterocycles. The van der Waals surface area contributed by atoms with Crippen LogP contribution in [-0.2, 0) is 4.74 Å². The highest BCUT2D eigenvalue weighted by Gasteiger charge is 2.22. The number of likely N-dealkylation sites (N-methyl/N-ethyl adjacent to an activating group) is 1. The fourth-order valence-electron chi connectivity index (χ4n) is 2.60. The molecule has 0 spiro atoms. The van der Waals surface area contributed by atoms with Crippen molar-refractivity contribution in [2.75, 3.05) is 13.7 Å². The van der Waals surface area contributed by atoms with E-state index in [1.165, 1.54) is 32.1 Å². The van der Waals surface area contributed by atoms with Crippen molar-refractivity contribution in [2.24, 2.45) is 0 Å². The number of nitrogens with one attached hydrogen (secondary N) is 1. The molecule has 16 heavy (non-hydrogen) atoms. The van der Waals surface area contributed by atoms with Crippen LogP contribution in [0.4, 0.5) is 0 Å². The van der Waals surface area contributed by atoms with E-state index in [0.29, 0.717) is 12.1 Å². The third-order valence-corrected chi connectivity index (χ3v) is 3.44. The average molecular weight is 225 g/mol. The van der Waals surface area contributed by atoms with Gasteiger partial charge in [0.15, 0.2) is 0 Å². The molecule has 0 fully saturated rings. The van der Waals surface area contributed by atoms with Crippen molar-refractivity contribution in [3.8, 4) is 0 Å². The van der Waals surface area contributed by atoms with Gasteiger partial charge in [0.25, 0.3) is 0 Å². The molecule has 0 aliphatic heterocycles. The van der Waals surface area contributed by atoms with Crippen LogP contribution < -0.4 is 5.32 Å². The largest absolute Gasteiger partial charge is 0.377 e. The van der Waals surface area contributed by atoms with E-state index in [1.807, 2.05) is 0 Å². The van der Waals surface area contributed by atoms with Gasteiger partial charge >= 0.3 is 0 Å². The Kier molecular flexibility index (Phi) is 6.74. The third kappa shape index (κ3) is 3.91. The Morgan fingerprint density at radius 1 is 1.31 bits per heavy atom. The van der Waals surface area contributed by atoms with Crippen molar-refractivity contribution in [3.63, 3.8) is 0 Å². The van der Waals surface area contributed by atoms with E-state index in [9.17, 15) is 0 Å². The fourth-order valence-corrected chi connectivity index (χ4v) is 2.60. The Bertz CT molecular complexity index is 213. The molecule has 1 rings (SSSR count). The first-order valence-corrected chi connectivity index (χ1v) is 6.81. The first-order chi connectivity index (χ1) is 7.83. The van der Waals surface area contributed by atoms with Gasteiger partial charge in [-0.25, -0.2) is 0 Å². The predicted octanol–water partition coefficient (Wildman–Crippen LogP) is 3.28. The number of hydrogen-bond donors (Lipinski definition) is 1. The Labute approximate surface area is 100 Å². The topological polar surface area (TPSA) is 21.3 Å². The molecular weight excluding hydrogens is 198 g/mol. The Morgan fingerprint density at radius 3 is 2.75 bits per heavy atom. The van der Waals surface area contributed by atoms with E-state index in [1.54, 1.807) is 5.57 Å². The first-order valence-electron chi connectivity index (χ1n) is 6.81. The molecule has 1 aliphatic rings. The van der Waals surface area contributed by atoms with Crippen LogP contribution in [0.5, 0.6) is 0 Å². The van der Waals surface area contributed by atoms with E-state index < -0.39 is 0 Å². The Balaban J connectivity index is 2.65. The van der Waals surface area contributed by atoms with Gasteiger partial charge in [-0.1, -0.05) is 25.0 Å². The van der Waals surface area contributed by atoms with Gasteiger partial charge in [-0.2, -0.15) is 0 Å². The van der Waals surface area contributed by atoms with Crippen LogP contribution in [-0.4, -0.2) is 25.8 Å². The van der Waals surface area contributed by atoms with Crippen molar-refractivity contribution in [1.29, 1.82) is 0 Å². The molecule has 0 heterocycles. The lowest BCUT2D eigenvalue weighted by atomic mass is 9.96. The summed E-state index contributed by atoms with van der Waals surface area (Å²) in [6, 6.07) is 0.419. The molecule has 0 bridgehead atoms. The quantitative estimate of drug-likeness (QED) is 0.700. The molecular formula is C14H27NO. The highest BCUT2D eigenvalue weighted by Crippen LogP contribution is 2.23. The molecule has 0 aromatic rings. The lowest BCUT2D eigenvalue weighted by Gasteiger charge is -2.28. The van der Waals surface area contributed by atoms with Gasteiger partial charge in [0.2, 0.25) is 0 Å². The molecule has 94 valence electrons. The van der Waals surface area contributed by atoms with Crippen LogP contribution in [0.3, 0.4) is 0 Å². The van der Waals surface area contributed by atoms with Crippen molar-refractivity contribution in [2.45, 2.75) is 64.5 Å². The van der Waals surface area contributed by atoms with Crippen molar-refractivity contribution in [1.82, 2.24) is 5.32 Å². The second-order valence-electron chi connectivity index (χ2n) is 4.55. The van der Waals surface area contributed by atoms with Gasteiger partial charge in [-0.3, -0.25) is 0 Å². The summed E-state index contributed by atoms with van der Waals surface area (Å²) in [5.41, 5.74) is 1.57. The molecule has 2 unspecified atom stereocenters. The molecule has 0 saturated heterocycles. The van der Waals surface area contributed by atoms with E-state index in [-0.39, 0.29) is 0 Å². The van der Waals surface area contributed by atoms with Crippen LogP contribution in [0.2, 0.25) is 0 Å². The monoisotopic (exact) mass is 225 g/mol. The zero-order valence-corrected chi connectivity index (χ0v) is 11.1. The molecule has 0 amide bonds. The van der Waals surface area contributed by atoms with Crippen LogP contribution in [0.15, 0.2) is 11.6 Å². The molecule has 0 radical (unpaired) electrons. The van der Waals surface area contributed by atoms with Crippen LogP contribution in [0.25, 0.3) is 0 Å². The SMILES string of the molecule is CCOC(CC)C(NC)C1=CCCCCC1. The average Bonchev–Trinajstić information content (AvgIpc) is 2.58. The molecule has 1 aliphatic carbocycles. The predicted molar refractivity (Wildman–Crippen MR) is 69.7 cm³/mol. The second kappa shape index (κ2) is 7.86. The van der Waals surface area contributed by atoms with Gasteiger partial charge in [-0.15, -0.1) is 0 Å². The number of ether oxygens (including phenoxy) is 1. The zero-order valence-electron chi connectivity index (χ0n) is 11.1. The minimum Gasteiger partial charge on any atom is -0.377 e. The first kappa shape index (κ1) is 13.7. The lowest BCUT2D eigenvalue weighted by molar-refractivity contribution is 0.0417. The summed E-state index contributed by atoms with van der Waals surface area (Å²) in [5, 5.41) is 3.44. The maximum atomic E-state index is 5.83. The van der Waals surface area contributed by atoms with Gasteiger partial charge in [0.1, 0.15) is 0 Å². The maximum absolute atomic E-state index is 5.83. The number of rotatable bonds is 6. The molecule has 2 atom stereocenters. The lowest BCUT2D eigenvalue weighted by Crippen LogP contribution is -2.40. The van der Waals surface area contributed by atoms with E-state index in [2.05, 4.69) is 32.3 Å². The van der Waals surface area contributed by atoms with E-state index >= 15 is 0 Å². The van der Waals surface area contributed by atoms with Crippen molar-refractivity contribution >= 4 is 0 Å². The molecule has 2 heteroatoms. The Hall–Kier alpha value is -0.340. The van der Waals surface area contributed by atoms with Crippen LogP contribution in [0, 0.1) is 0 Å². The molecule has 0 aromatic carbocycles. The zero-order chi connectivity index (χ0) is 11.8. The van der Waals surface area contributed by atoms with Gasteiger partial charge in [0, 0.05) is 6.61 Å². The second-order valence-corrected chi connectivity index (χ2v) is 4.55. The minimum absolute atomic E-state index is 0.333. The van der Waals surface area contributed by atoms with E-state index in [0.717, 1.165) is 13.0 Å². The third-order valence-electron chi connectivity index (χ3n) is 3.44. The summed E-state index contributed by atoms with van der Waals surface area (Å²) in [4.78, 5) is 0. The minimum atomic E-state index is 0.333. The van der Waals surface area contributed by atoms with Crippen LogP contribution in [0.1, 0.15) is 52.4 Å². The number of hydrogen-bond acceptors (Lipinski definition) is 2. The van der Waals surface area contributed by atoms with Crippen molar-refractivity contribution < 1.29 is 4.74 Å². The smallest absolute Gasteiger partial charge is 0.0763 e. The highest BCUT2D eigenvalue weighted by atomic mass is 16.5. The summed E-state index contributed by atoms with van der Waals surface area (Å²) < 4.78 is 5.83. The summed E-state index contributed by atoms with van der Waals surface area (Å²) in [6.07, 6.45) is 10.4. The number of allylic oxidation sites excluding steroid dienone is 1. The Morgan fingerprint density at radius 2 is 2.12 bits per heavy atom. The normalized spacial score (nSPS) is 21.1. The maximum Gasteiger partial charge on any atom is 0.0763 e. The molecule has 1 N–H and O–H groups in total. The van der Waals surface area contributed by atoms with Gasteiger partial charge in [-0.05, 0) is 46.1 Å². The summed E-state index contributed by atoms with van der Waals surface area (Å²) in [5.74, 6) is 0. The summed E-state index contributed by atoms with van der Waals surface area (Å²) in [7, 11) is 2.05. The molecule has 0 saturated carbocycles.